The average molecular weight is 355 g/mol. The van der Waals surface area contributed by atoms with Crippen molar-refractivity contribution in [1.29, 1.82) is 0 Å². The quantitative estimate of drug-likeness (QED) is 0.653. The molecule has 0 spiro atoms. The molecule has 1 aromatic heterocycles. The third kappa shape index (κ3) is 3.94. The number of methoxy groups -OCH3 is 1. The van der Waals surface area contributed by atoms with Gasteiger partial charge in [0.05, 0.1) is 24.7 Å². The zero-order valence-electron chi connectivity index (χ0n) is 13.8. The summed E-state index contributed by atoms with van der Waals surface area (Å²) in [4.78, 5) is 16.3. The summed E-state index contributed by atoms with van der Waals surface area (Å²) in [6.07, 6.45) is 1.43. The number of hydrogen-bond acceptors (Lipinski definition) is 5. The maximum absolute atomic E-state index is 13.8. The Morgan fingerprint density at radius 2 is 1.77 bits per heavy atom. The molecule has 2 N–H and O–H groups in total. The second kappa shape index (κ2) is 7.60. The summed E-state index contributed by atoms with van der Waals surface area (Å²) >= 11 is 0. The van der Waals surface area contributed by atoms with Gasteiger partial charge in [-0.2, -0.15) is 0 Å². The molecule has 132 valence electrons. The summed E-state index contributed by atoms with van der Waals surface area (Å²) in [6.45, 7) is 0. The second-order valence-corrected chi connectivity index (χ2v) is 5.35. The molecule has 0 fully saturated rings. The van der Waals surface area contributed by atoms with Crippen molar-refractivity contribution in [3.05, 3.63) is 78.0 Å². The molecule has 1 heterocycles. The number of ether oxygens (including phenoxy) is 1. The Labute approximate surface area is 148 Å². The van der Waals surface area contributed by atoms with Gasteiger partial charge < -0.3 is 15.4 Å². The monoisotopic (exact) mass is 355 g/mol. The first kappa shape index (κ1) is 17.3. The van der Waals surface area contributed by atoms with Crippen LogP contribution in [-0.2, 0) is 4.74 Å². The molecule has 3 aromatic rings. The maximum atomic E-state index is 13.8. The van der Waals surface area contributed by atoms with Crippen LogP contribution in [0.1, 0.15) is 10.4 Å². The van der Waals surface area contributed by atoms with Gasteiger partial charge in [-0.3, -0.25) is 0 Å². The third-order valence-corrected chi connectivity index (χ3v) is 3.54. The van der Waals surface area contributed by atoms with E-state index in [4.69, 9.17) is 4.74 Å². The minimum atomic E-state index is -0.754. The van der Waals surface area contributed by atoms with Crippen molar-refractivity contribution in [3.63, 3.8) is 0 Å². The maximum Gasteiger partial charge on any atom is 0.341 e. The van der Waals surface area contributed by atoms with Gasteiger partial charge in [0.2, 0.25) is 0 Å². The first-order valence-corrected chi connectivity index (χ1v) is 7.69. The molecule has 0 aliphatic rings. The number of nitrogens with zero attached hydrogens (tertiary/aromatic N) is 1. The fraction of sp³-hybridized carbons (Fsp3) is 0.0526. The largest absolute Gasteiger partial charge is 0.465 e. The van der Waals surface area contributed by atoms with Crippen LogP contribution in [0.25, 0.3) is 0 Å². The van der Waals surface area contributed by atoms with E-state index < -0.39 is 17.6 Å². The molecule has 0 saturated heterocycles. The van der Waals surface area contributed by atoms with Crippen LogP contribution in [0.15, 0.2) is 60.8 Å². The Kier molecular flexibility index (Phi) is 5.07. The highest BCUT2D eigenvalue weighted by Gasteiger charge is 2.15. The first-order valence-electron chi connectivity index (χ1n) is 7.69. The number of benzene rings is 2. The van der Waals surface area contributed by atoms with Gasteiger partial charge in [0.1, 0.15) is 23.0 Å². The number of esters is 1. The van der Waals surface area contributed by atoms with E-state index in [1.54, 1.807) is 0 Å². The zero-order chi connectivity index (χ0) is 18.5. The fourth-order valence-electron chi connectivity index (χ4n) is 2.30. The predicted molar refractivity (Wildman–Crippen MR) is 94.9 cm³/mol. The number of aromatic nitrogens is 1. The van der Waals surface area contributed by atoms with Crippen molar-refractivity contribution in [2.24, 2.45) is 0 Å². The van der Waals surface area contributed by atoms with Crippen molar-refractivity contribution in [1.82, 2.24) is 4.98 Å². The van der Waals surface area contributed by atoms with Gasteiger partial charge in [0.25, 0.3) is 0 Å². The molecule has 0 amide bonds. The average Bonchev–Trinajstić information content (AvgIpc) is 2.65. The number of hydrogen-bond donors (Lipinski definition) is 2. The van der Waals surface area contributed by atoms with Gasteiger partial charge in [-0.15, -0.1) is 0 Å². The van der Waals surface area contributed by atoms with Gasteiger partial charge in [0, 0.05) is 11.8 Å². The second-order valence-electron chi connectivity index (χ2n) is 5.35. The van der Waals surface area contributed by atoms with Crippen LogP contribution in [0.5, 0.6) is 0 Å². The van der Waals surface area contributed by atoms with E-state index in [-0.39, 0.29) is 11.3 Å². The minimum Gasteiger partial charge on any atom is -0.465 e. The Morgan fingerprint density at radius 1 is 1.00 bits per heavy atom. The van der Waals surface area contributed by atoms with Crippen LogP contribution < -0.4 is 10.6 Å². The Morgan fingerprint density at radius 3 is 2.46 bits per heavy atom. The molecule has 0 unspecified atom stereocenters. The number of anilines is 4. The summed E-state index contributed by atoms with van der Waals surface area (Å²) in [5.74, 6) is -1.73. The number of para-hydroxylation sites is 1. The Bertz CT molecular complexity index is 933. The molecule has 0 radical (unpaired) electrons. The van der Waals surface area contributed by atoms with Gasteiger partial charge >= 0.3 is 5.97 Å². The summed E-state index contributed by atoms with van der Waals surface area (Å²) < 4.78 is 31.6. The lowest BCUT2D eigenvalue weighted by molar-refractivity contribution is 0.0601. The van der Waals surface area contributed by atoms with Crippen LogP contribution in [0.2, 0.25) is 0 Å². The number of nitrogens with one attached hydrogen (secondary N) is 2. The van der Waals surface area contributed by atoms with E-state index >= 15 is 0 Å². The van der Waals surface area contributed by atoms with Crippen LogP contribution in [-0.4, -0.2) is 18.1 Å². The molecule has 0 saturated carbocycles. The van der Waals surface area contributed by atoms with Gasteiger partial charge in [-0.25, -0.2) is 18.6 Å². The van der Waals surface area contributed by atoms with E-state index in [0.717, 1.165) is 17.8 Å². The van der Waals surface area contributed by atoms with Crippen molar-refractivity contribution in [2.45, 2.75) is 0 Å². The standard InChI is InChI=1S/C19H15F2N3O2/c1-26-19(25)15-10-14(23-17-8-7-12(20)9-16(17)21)11-22-18(15)24-13-5-3-2-4-6-13/h2-11,23H,1H3,(H,22,24). The van der Waals surface area contributed by atoms with Gasteiger partial charge in [0.15, 0.2) is 0 Å². The van der Waals surface area contributed by atoms with Crippen molar-refractivity contribution >= 4 is 28.8 Å². The number of pyridine rings is 1. The topological polar surface area (TPSA) is 63.2 Å². The lowest BCUT2D eigenvalue weighted by Gasteiger charge is -2.13. The summed E-state index contributed by atoms with van der Waals surface area (Å²) in [5, 5.41) is 5.80. The number of rotatable bonds is 5. The van der Waals surface area contributed by atoms with Crippen LogP contribution in [0.3, 0.4) is 0 Å². The Hall–Kier alpha value is -3.48. The van der Waals surface area contributed by atoms with E-state index in [1.165, 1.54) is 25.4 Å². The molecule has 2 aromatic carbocycles. The van der Waals surface area contributed by atoms with Crippen molar-refractivity contribution in [2.75, 3.05) is 17.7 Å². The number of carbonyl (C=O) groups is 1. The van der Waals surface area contributed by atoms with E-state index in [2.05, 4.69) is 15.6 Å². The molecule has 3 rings (SSSR count). The van der Waals surface area contributed by atoms with E-state index in [1.807, 2.05) is 30.3 Å². The molecule has 0 aliphatic heterocycles. The Balaban J connectivity index is 1.92. The van der Waals surface area contributed by atoms with Crippen LogP contribution in [0.4, 0.5) is 31.7 Å². The first-order chi connectivity index (χ1) is 12.6. The molecule has 5 nitrogen and oxygen atoms in total. The molecule has 26 heavy (non-hydrogen) atoms. The van der Waals surface area contributed by atoms with Crippen LogP contribution in [0, 0.1) is 11.6 Å². The van der Waals surface area contributed by atoms with Gasteiger partial charge in [-0.05, 0) is 30.3 Å². The summed E-state index contributed by atoms with van der Waals surface area (Å²) in [6, 6.07) is 13.8. The highest BCUT2D eigenvalue weighted by atomic mass is 19.1. The molecular formula is C19H15F2N3O2. The molecule has 7 heteroatoms. The van der Waals surface area contributed by atoms with Crippen molar-refractivity contribution in [3.8, 4) is 0 Å². The molecule has 0 bridgehead atoms. The molecule has 0 aliphatic carbocycles. The van der Waals surface area contributed by atoms with E-state index in [9.17, 15) is 13.6 Å². The number of halogens is 2. The highest BCUT2D eigenvalue weighted by molar-refractivity contribution is 5.96. The summed E-state index contributed by atoms with van der Waals surface area (Å²) in [7, 11) is 1.26. The van der Waals surface area contributed by atoms with E-state index in [0.29, 0.717) is 11.5 Å². The normalized spacial score (nSPS) is 10.3. The van der Waals surface area contributed by atoms with Gasteiger partial charge in [-0.1, -0.05) is 18.2 Å². The smallest absolute Gasteiger partial charge is 0.341 e. The highest BCUT2D eigenvalue weighted by Crippen LogP contribution is 2.25. The SMILES string of the molecule is COC(=O)c1cc(Nc2ccc(F)cc2F)cnc1Nc1ccccc1. The fourth-order valence-corrected chi connectivity index (χ4v) is 2.30. The van der Waals surface area contributed by atoms with Crippen molar-refractivity contribution < 1.29 is 18.3 Å². The van der Waals surface area contributed by atoms with Crippen LogP contribution >= 0.6 is 0 Å². The molecular weight excluding hydrogens is 340 g/mol. The number of carbonyl (C=O) groups excluding carboxylic acids is 1. The summed E-state index contributed by atoms with van der Waals surface area (Å²) in [5.41, 5.74) is 1.33. The lowest BCUT2D eigenvalue weighted by Crippen LogP contribution is -2.08. The predicted octanol–water partition coefficient (Wildman–Crippen LogP) is 4.63. The lowest BCUT2D eigenvalue weighted by atomic mass is 10.2. The zero-order valence-corrected chi connectivity index (χ0v) is 13.8. The third-order valence-electron chi connectivity index (χ3n) is 3.54. The molecule has 0 atom stereocenters. The minimum absolute atomic E-state index is 0.0628.